The Kier molecular flexibility index (Phi) is 8.50. The fraction of sp³-hybridized carbons (Fsp3) is 0.353. The van der Waals surface area contributed by atoms with E-state index in [-0.39, 0.29) is 11.5 Å². The number of rotatable bonds is 10. The first-order valence-corrected chi connectivity index (χ1v) is 16.1. The maximum Gasteiger partial charge on any atom is 0.488 e. The topological polar surface area (TPSA) is 262 Å². The largest absolute Gasteiger partial charge is 0.488 e. The van der Waals surface area contributed by atoms with Gasteiger partial charge >= 0.3 is 22.4 Å². The second kappa shape index (κ2) is 11.0. The van der Waals surface area contributed by atoms with Crippen molar-refractivity contribution in [1.82, 2.24) is 19.7 Å². The number of nitrogens with two attached hydrogens (primary N) is 1. The molecule has 3 aromatic rings. The van der Waals surface area contributed by atoms with Gasteiger partial charge in [0.15, 0.2) is 11.9 Å². The van der Waals surface area contributed by atoms with Crippen LogP contribution in [0.5, 0.6) is 0 Å². The average molecular weight is 613 g/mol. The zero-order valence-electron chi connectivity index (χ0n) is 18.9. The minimum absolute atomic E-state index is 0.116. The smallest absolute Gasteiger partial charge is 0.387 e. The number of aliphatic hydroxyl groups is 2. The number of hydrogen-bond donors (Lipinski definition) is 7. The molecular weight excluding hydrogens is 591 g/mol. The Morgan fingerprint density at radius 2 is 1.71 bits per heavy atom. The van der Waals surface area contributed by atoms with Gasteiger partial charge in [-0.05, 0) is 17.4 Å². The molecule has 1 fully saturated rings. The Morgan fingerprint density at radius 3 is 2.37 bits per heavy atom. The maximum atomic E-state index is 12.1. The molecule has 3 heterocycles. The molecule has 0 saturated carbocycles. The lowest BCUT2D eigenvalue weighted by Gasteiger charge is -2.19. The maximum absolute atomic E-state index is 12.1. The third-order valence-electron chi connectivity index (χ3n) is 5.20. The van der Waals surface area contributed by atoms with Crippen molar-refractivity contribution in [3.05, 3.63) is 47.9 Å². The monoisotopic (exact) mass is 613 g/mol. The number of hydrogen-bond acceptors (Lipinski definition) is 13. The first-order valence-electron chi connectivity index (χ1n) is 10.5. The van der Waals surface area contributed by atoms with E-state index in [1.54, 1.807) is 0 Å². The van der Waals surface area contributed by atoms with Gasteiger partial charge < -0.3 is 40.3 Å². The van der Waals surface area contributed by atoms with Crippen LogP contribution in [0.3, 0.4) is 0 Å². The highest BCUT2D eigenvalue weighted by Crippen LogP contribution is 2.66. The fourth-order valence-electron chi connectivity index (χ4n) is 3.70. The van der Waals surface area contributed by atoms with E-state index in [9.17, 15) is 29.1 Å². The summed E-state index contributed by atoms with van der Waals surface area (Å²) in [5.41, 5.74) is 7.58. The normalized spacial score (nSPS) is 25.3. The zero-order chi connectivity index (χ0) is 27.9. The lowest BCUT2D eigenvalue weighted by atomic mass is 10.1. The highest BCUT2D eigenvalue weighted by molar-refractivity contribution is 8.08. The number of anilines is 1. The first kappa shape index (κ1) is 29.3. The molecule has 0 radical (unpaired) electrons. The Labute approximate surface area is 218 Å². The van der Waals surface area contributed by atoms with Gasteiger partial charge in [0.05, 0.1) is 17.7 Å². The van der Waals surface area contributed by atoms with E-state index in [0.717, 1.165) is 5.56 Å². The van der Waals surface area contributed by atoms with Crippen molar-refractivity contribution in [2.45, 2.75) is 31.0 Å². The SMILES string of the molecule is Nc1ncnc2c1c(Cc1ccccc1)nn2[C@@H]1O[C@H](COP(=O)(O)OP(=O)(O)OP(O)(O)=S)[C@H](O)[C@@H]1O. The number of benzene rings is 1. The fourth-order valence-corrected chi connectivity index (χ4v) is 7.49. The van der Waals surface area contributed by atoms with E-state index in [2.05, 4.69) is 40.0 Å². The van der Waals surface area contributed by atoms with Crippen LogP contribution in [0.15, 0.2) is 36.7 Å². The molecule has 1 saturated heterocycles. The molecule has 1 aliphatic rings. The molecule has 38 heavy (non-hydrogen) atoms. The van der Waals surface area contributed by atoms with Gasteiger partial charge in [-0.25, -0.2) is 28.1 Å². The number of fused-ring (bicyclic) bond motifs is 1. The van der Waals surface area contributed by atoms with Gasteiger partial charge in [0, 0.05) is 6.42 Å². The van der Waals surface area contributed by atoms with Crippen LogP contribution < -0.4 is 5.73 Å². The second-order valence-corrected chi connectivity index (χ2v) is 13.8. The van der Waals surface area contributed by atoms with Crippen LogP contribution in [0, 0.1) is 0 Å². The van der Waals surface area contributed by atoms with Gasteiger partial charge in [-0.2, -0.15) is 9.41 Å². The summed E-state index contributed by atoms with van der Waals surface area (Å²) < 4.78 is 42.8. The van der Waals surface area contributed by atoms with Crippen LogP contribution in [0.2, 0.25) is 0 Å². The highest BCUT2D eigenvalue weighted by atomic mass is 32.5. The number of nitrogens with zero attached hydrogens (tertiary/aromatic N) is 4. The lowest BCUT2D eigenvalue weighted by Crippen LogP contribution is -2.33. The molecule has 6 atom stereocenters. The van der Waals surface area contributed by atoms with Crippen molar-refractivity contribution in [3.8, 4) is 0 Å². The van der Waals surface area contributed by atoms with Crippen molar-refractivity contribution < 1.29 is 56.8 Å². The number of phosphoric ester groups is 1. The predicted octanol–water partition coefficient (Wildman–Crippen LogP) is 0.0782. The summed E-state index contributed by atoms with van der Waals surface area (Å²) in [5.74, 6) is 0.116. The third kappa shape index (κ3) is 6.88. The summed E-state index contributed by atoms with van der Waals surface area (Å²) in [7, 11) is -10.9. The second-order valence-electron chi connectivity index (χ2n) is 7.94. The molecular formula is C17H22N5O12P3S. The molecule has 0 bridgehead atoms. The number of aliphatic hydroxyl groups excluding tert-OH is 2. The Balaban J connectivity index is 1.53. The number of ether oxygens (including phenoxy) is 1. The molecule has 2 aromatic heterocycles. The molecule has 0 spiro atoms. The molecule has 0 amide bonds. The Morgan fingerprint density at radius 1 is 1.03 bits per heavy atom. The van der Waals surface area contributed by atoms with Gasteiger partial charge in [-0.3, -0.25) is 4.52 Å². The summed E-state index contributed by atoms with van der Waals surface area (Å²) in [6.45, 7) is -5.67. The Hall–Kier alpha value is -1.72. The first-order chi connectivity index (χ1) is 17.7. The predicted molar refractivity (Wildman–Crippen MR) is 131 cm³/mol. The van der Waals surface area contributed by atoms with Crippen molar-refractivity contribution in [2.75, 3.05) is 12.3 Å². The van der Waals surface area contributed by atoms with Gasteiger partial charge in [-0.15, -0.1) is 0 Å². The standard InChI is InChI=1S/C17H22N5O12P3S/c18-15-12-10(6-9-4-2-1-3-5-9)21-22(16(12)20-8-19-15)17-14(24)13(23)11(32-17)7-31-35(25,26)33-36(27,28)34-37(29,30)38/h1-5,8,11,13-14,17,23-24H,6-7H2,(H,25,26)(H,27,28)(H2,18,19,20)(H2,29,30,38)/t11-,13+,14+,17-/m1/s1. The molecule has 1 aromatic carbocycles. The average Bonchev–Trinajstić information content (AvgIpc) is 3.29. The van der Waals surface area contributed by atoms with Crippen LogP contribution >= 0.6 is 22.4 Å². The number of nitrogen functional groups attached to an aromatic ring is 1. The van der Waals surface area contributed by atoms with Crippen molar-refractivity contribution >= 4 is 51.0 Å². The minimum Gasteiger partial charge on any atom is -0.387 e. The summed E-state index contributed by atoms with van der Waals surface area (Å²) in [5, 5.41) is 26.0. The number of aromatic nitrogens is 4. The summed E-state index contributed by atoms with van der Waals surface area (Å²) in [6, 6.07) is 9.26. The van der Waals surface area contributed by atoms with E-state index in [4.69, 9.17) is 20.3 Å². The van der Waals surface area contributed by atoms with Crippen LogP contribution in [0.25, 0.3) is 11.0 Å². The van der Waals surface area contributed by atoms with Gasteiger partial charge in [0.2, 0.25) is 0 Å². The zero-order valence-corrected chi connectivity index (χ0v) is 22.4. The summed E-state index contributed by atoms with van der Waals surface area (Å²) in [6.07, 6.45) is -4.64. The van der Waals surface area contributed by atoms with Crippen molar-refractivity contribution in [2.24, 2.45) is 0 Å². The molecule has 1 aliphatic heterocycles. The molecule has 17 nitrogen and oxygen atoms in total. The molecule has 2 unspecified atom stereocenters. The van der Waals surface area contributed by atoms with E-state index < -0.39 is 53.5 Å². The highest BCUT2D eigenvalue weighted by Gasteiger charge is 2.47. The van der Waals surface area contributed by atoms with Crippen LogP contribution in [-0.4, -0.2) is 74.5 Å². The minimum atomic E-state index is -5.53. The molecule has 21 heteroatoms. The van der Waals surface area contributed by atoms with Crippen LogP contribution in [-0.2, 0) is 45.2 Å². The summed E-state index contributed by atoms with van der Waals surface area (Å²) in [4.78, 5) is 45.2. The molecule has 208 valence electrons. The quantitative estimate of drug-likeness (QED) is 0.149. The molecule has 8 N–H and O–H groups in total. The van der Waals surface area contributed by atoms with Crippen LogP contribution in [0.1, 0.15) is 17.5 Å². The van der Waals surface area contributed by atoms with E-state index in [1.807, 2.05) is 30.3 Å². The van der Waals surface area contributed by atoms with E-state index in [1.165, 1.54) is 11.0 Å². The van der Waals surface area contributed by atoms with Crippen molar-refractivity contribution in [3.63, 3.8) is 0 Å². The molecule has 4 rings (SSSR count). The number of phosphoric acid groups is 2. The van der Waals surface area contributed by atoms with Gasteiger partial charge in [-0.1, -0.05) is 30.3 Å². The van der Waals surface area contributed by atoms with E-state index in [0.29, 0.717) is 17.5 Å². The summed E-state index contributed by atoms with van der Waals surface area (Å²) >= 11 is 4.01. The van der Waals surface area contributed by atoms with E-state index >= 15 is 0 Å². The van der Waals surface area contributed by atoms with Gasteiger partial charge in [0.25, 0.3) is 0 Å². The third-order valence-corrected chi connectivity index (χ3v) is 9.60. The van der Waals surface area contributed by atoms with Gasteiger partial charge in [0.1, 0.15) is 30.5 Å². The Bertz CT molecular complexity index is 1460. The molecule has 0 aliphatic carbocycles. The van der Waals surface area contributed by atoms with Crippen LogP contribution in [0.4, 0.5) is 5.82 Å². The lowest BCUT2D eigenvalue weighted by molar-refractivity contribution is -0.0559. The van der Waals surface area contributed by atoms with Crippen molar-refractivity contribution in [1.29, 1.82) is 0 Å².